The quantitative estimate of drug-likeness (QED) is 0.543. The highest BCUT2D eigenvalue weighted by molar-refractivity contribution is 8.00. The van der Waals surface area contributed by atoms with E-state index in [1.807, 2.05) is 0 Å². The lowest BCUT2D eigenvalue weighted by Crippen LogP contribution is -2.45. The van der Waals surface area contributed by atoms with Crippen molar-refractivity contribution in [3.8, 4) is 0 Å². The second-order valence-corrected chi connectivity index (χ2v) is 8.53. The van der Waals surface area contributed by atoms with Crippen molar-refractivity contribution in [2.75, 3.05) is 18.3 Å². The van der Waals surface area contributed by atoms with E-state index in [1.165, 1.54) is 30.1 Å². The molecule has 0 bridgehead atoms. The molecule has 11 heteroatoms. The van der Waals surface area contributed by atoms with Crippen LogP contribution >= 0.6 is 35.1 Å². The standard InChI is InChI=1S/C20H18Cl2F3N3O2S/c1-26-18(29)17-3-2-8-28(17)19(30)13-6-4-11(21)9-16(13)27-31-12-5-7-15(22)14(10-12)20(23,24)25/h4-7,9-10,17,27H,2-3,8H2,1H3,(H,26,29). The maximum absolute atomic E-state index is 13.1. The van der Waals surface area contributed by atoms with E-state index in [0.717, 1.165) is 24.1 Å². The van der Waals surface area contributed by atoms with Crippen molar-refractivity contribution in [2.24, 2.45) is 0 Å². The fourth-order valence-electron chi connectivity index (χ4n) is 3.29. The minimum absolute atomic E-state index is 0.246. The van der Waals surface area contributed by atoms with Crippen LogP contribution in [0.4, 0.5) is 18.9 Å². The first kappa shape index (κ1) is 23.6. The molecule has 2 aromatic carbocycles. The first-order chi connectivity index (χ1) is 14.6. The monoisotopic (exact) mass is 491 g/mol. The molecule has 0 aliphatic carbocycles. The summed E-state index contributed by atoms with van der Waals surface area (Å²) in [7, 11) is 1.51. The number of amides is 2. The number of nitrogens with zero attached hydrogens (tertiary/aromatic N) is 1. The fourth-order valence-corrected chi connectivity index (χ4v) is 4.40. The summed E-state index contributed by atoms with van der Waals surface area (Å²) in [6, 6.07) is 7.52. The first-order valence-corrected chi connectivity index (χ1v) is 10.8. The molecule has 1 fully saturated rings. The third kappa shape index (κ3) is 5.39. The first-order valence-electron chi connectivity index (χ1n) is 9.23. The largest absolute Gasteiger partial charge is 0.417 e. The van der Waals surface area contributed by atoms with Gasteiger partial charge in [-0.2, -0.15) is 13.2 Å². The van der Waals surface area contributed by atoms with Gasteiger partial charge >= 0.3 is 6.18 Å². The van der Waals surface area contributed by atoms with Crippen molar-refractivity contribution < 1.29 is 22.8 Å². The highest BCUT2D eigenvalue weighted by Crippen LogP contribution is 2.37. The number of anilines is 1. The Morgan fingerprint density at radius 1 is 1.16 bits per heavy atom. The van der Waals surface area contributed by atoms with E-state index in [4.69, 9.17) is 23.2 Å². The van der Waals surface area contributed by atoms with Crippen molar-refractivity contribution in [1.82, 2.24) is 10.2 Å². The van der Waals surface area contributed by atoms with Crippen molar-refractivity contribution in [1.29, 1.82) is 0 Å². The van der Waals surface area contributed by atoms with Crippen LogP contribution in [0.2, 0.25) is 10.0 Å². The zero-order chi connectivity index (χ0) is 22.8. The average Bonchev–Trinajstić information content (AvgIpc) is 3.21. The Morgan fingerprint density at radius 3 is 2.58 bits per heavy atom. The summed E-state index contributed by atoms with van der Waals surface area (Å²) in [5.41, 5.74) is -0.361. The number of nitrogens with one attached hydrogen (secondary N) is 2. The smallest absolute Gasteiger partial charge is 0.357 e. The number of halogens is 5. The van der Waals surface area contributed by atoms with Crippen LogP contribution in [-0.2, 0) is 11.0 Å². The van der Waals surface area contributed by atoms with Crippen LogP contribution in [0.1, 0.15) is 28.8 Å². The Morgan fingerprint density at radius 2 is 1.90 bits per heavy atom. The molecule has 2 amide bonds. The molecule has 0 spiro atoms. The fraction of sp³-hybridized carbons (Fsp3) is 0.300. The van der Waals surface area contributed by atoms with Crippen LogP contribution < -0.4 is 10.0 Å². The van der Waals surface area contributed by atoms with Crippen LogP contribution in [-0.4, -0.2) is 36.3 Å². The summed E-state index contributed by atoms with van der Waals surface area (Å²) in [4.78, 5) is 27.0. The highest BCUT2D eigenvalue weighted by atomic mass is 35.5. The number of hydrogen-bond acceptors (Lipinski definition) is 4. The summed E-state index contributed by atoms with van der Waals surface area (Å²) < 4.78 is 42.2. The van der Waals surface area contributed by atoms with Gasteiger partial charge in [0.15, 0.2) is 0 Å². The summed E-state index contributed by atoms with van der Waals surface area (Å²) in [5.74, 6) is -0.609. The van der Waals surface area contributed by atoms with Gasteiger partial charge in [-0.1, -0.05) is 23.2 Å². The minimum Gasteiger partial charge on any atom is -0.357 e. The van der Waals surface area contributed by atoms with Crippen molar-refractivity contribution in [3.63, 3.8) is 0 Å². The number of likely N-dealkylation sites (tertiary alicyclic amines) is 1. The zero-order valence-corrected chi connectivity index (χ0v) is 18.6. The molecule has 1 heterocycles. The van der Waals surface area contributed by atoms with E-state index < -0.39 is 22.8 Å². The molecule has 1 atom stereocenters. The molecule has 0 aromatic heterocycles. The third-order valence-corrected chi connectivity index (χ3v) is 6.17. The van der Waals surface area contributed by atoms with E-state index in [1.54, 1.807) is 6.07 Å². The number of alkyl halides is 3. The van der Waals surface area contributed by atoms with Gasteiger partial charge in [0.1, 0.15) is 6.04 Å². The summed E-state index contributed by atoms with van der Waals surface area (Å²) >= 11 is 12.6. The van der Waals surface area contributed by atoms with Gasteiger partial charge in [-0.05, 0) is 61.2 Å². The van der Waals surface area contributed by atoms with Gasteiger partial charge in [-0.15, -0.1) is 0 Å². The van der Waals surface area contributed by atoms with E-state index in [-0.39, 0.29) is 22.3 Å². The van der Waals surface area contributed by atoms with Crippen molar-refractivity contribution >= 4 is 52.7 Å². The normalized spacial score (nSPS) is 16.3. The van der Waals surface area contributed by atoms with Gasteiger partial charge in [0.2, 0.25) is 5.91 Å². The van der Waals surface area contributed by atoms with E-state index in [9.17, 15) is 22.8 Å². The zero-order valence-electron chi connectivity index (χ0n) is 16.2. The number of rotatable bonds is 5. The van der Waals surface area contributed by atoms with Crippen LogP contribution in [0.5, 0.6) is 0 Å². The molecule has 1 aliphatic heterocycles. The van der Waals surface area contributed by atoms with Crippen molar-refractivity contribution in [2.45, 2.75) is 30.0 Å². The van der Waals surface area contributed by atoms with Gasteiger partial charge in [0.05, 0.1) is 21.8 Å². The van der Waals surface area contributed by atoms with Gasteiger partial charge < -0.3 is 14.9 Å². The molecule has 5 nitrogen and oxygen atoms in total. The molecule has 0 saturated carbocycles. The third-order valence-electron chi connectivity index (χ3n) is 4.80. The summed E-state index contributed by atoms with van der Waals surface area (Å²) in [6.07, 6.45) is -3.34. The molecule has 3 rings (SSSR count). The Hall–Kier alpha value is -2.10. The van der Waals surface area contributed by atoms with Gasteiger partial charge in [0.25, 0.3) is 5.91 Å². The molecule has 2 N–H and O–H groups in total. The molecule has 1 aliphatic rings. The number of carbonyl (C=O) groups is 2. The van der Waals surface area contributed by atoms with Crippen LogP contribution in [0, 0.1) is 0 Å². The Labute approximate surface area is 191 Å². The summed E-state index contributed by atoms with van der Waals surface area (Å²) in [5, 5.41) is 2.50. The molecular formula is C20H18Cl2F3N3O2S. The second-order valence-electron chi connectivity index (χ2n) is 6.80. The topological polar surface area (TPSA) is 61.4 Å². The number of hydrogen-bond donors (Lipinski definition) is 2. The predicted octanol–water partition coefficient (Wildman–Crippen LogP) is 5.48. The SMILES string of the molecule is CNC(=O)C1CCCN1C(=O)c1ccc(Cl)cc1NSc1ccc(Cl)c(C(F)(F)F)c1. The second kappa shape index (κ2) is 9.58. The van der Waals surface area contributed by atoms with Crippen LogP contribution in [0.3, 0.4) is 0 Å². The molecule has 1 unspecified atom stereocenters. The van der Waals surface area contributed by atoms with E-state index in [0.29, 0.717) is 30.1 Å². The number of likely N-dealkylation sites (N-methyl/N-ethyl adjacent to an activating group) is 1. The maximum Gasteiger partial charge on any atom is 0.417 e. The Bertz CT molecular complexity index is 1000. The molecule has 0 radical (unpaired) electrons. The van der Waals surface area contributed by atoms with Crippen LogP contribution in [0.15, 0.2) is 41.3 Å². The Balaban J connectivity index is 1.84. The lowest BCUT2D eigenvalue weighted by molar-refractivity contribution is -0.137. The van der Waals surface area contributed by atoms with Crippen LogP contribution in [0.25, 0.3) is 0 Å². The molecule has 31 heavy (non-hydrogen) atoms. The number of benzene rings is 2. The van der Waals surface area contributed by atoms with Gasteiger partial charge in [-0.25, -0.2) is 0 Å². The van der Waals surface area contributed by atoms with Gasteiger partial charge in [-0.3, -0.25) is 9.59 Å². The molecule has 2 aromatic rings. The molecule has 1 saturated heterocycles. The molecule has 166 valence electrons. The lowest BCUT2D eigenvalue weighted by atomic mass is 10.1. The average molecular weight is 492 g/mol. The number of carbonyl (C=O) groups excluding carboxylic acids is 2. The molecular weight excluding hydrogens is 474 g/mol. The lowest BCUT2D eigenvalue weighted by Gasteiger charge is -2.24. The summed E-state index contributed by atoms with van der Waals surface area (Å²) in [6.45, 7) is 0.429. The Kier molecular flexibility index (Phi) is 7.28. The highest BCUT2D eigenvalue weighted by Gasteiger charge is 2.35. The van der Waals surface area contributed by atoms with Gasteiger partial charge in [0, 0.05) is 23.5 Å². The van der Waals surface area contributed by atoms with E-state index >= 15 is 0 Å². The van der Waals surface area contributed by atoms with Crippen molar-refractivity contribution in [3.05, 3.63) is 57.6 Å². The maximum atomic E-state index is 13.1. The predicted molar refractivity (Wildman–Crippen MR) is 116 cm³/mol. The minimum atomic E-state index is -4.59. The van der Waals surface area contributed by atoms with E-state index in [2.05, 4.69) is 10.0 Å².